The zero-order valence-corrected chi connectivity index (χ0v) is 11.5. The molecule has 0 radical (unpaired) electrons. The largest absolute Gasteiger partial charge is 0.424 e. The average molecular weight is 296 g/mol. The summed E-state index contributed by atoms with van der Waals surface area (Å²) in [5.41, 5.74) is 1.96. The van der Waals surface area contributed by atoms with Crippen molar-refractivity contribution in [1.82, 2.24) is 9.97 Å². The van der Waals surface area contributed by atoms with E-state index < -0.39 is 18.7 Å². The molecule has 2 aromatic carbocycles. The van der Waals surface area contributed by atoms with Crippen LogP contribution >= 0.6 is 0 Å². The van der Waals surface area contributed by atoms with Crippen molar-refractivity contribution >= 4 is 23.0 Å². The van der Waals surface area contributed by atoms with Crippen molar-refractivity contribution < 1.29 is 19.1 Å². The first kappa shape index (κ1) is 13.8. The topological polar surface area (TPSA) is 81.3 Å². The number of imidazole rings is 1. The van der Waals surface area contributed by atoms with Crippen molar-refractivity contribution in [2.75, 3.05) is 6.79 Å². The van der Waals surface area contributed by atoms with Gasteiger partial charge in [0.2, 0.25) is 6.79 Å². The molecule has 0 bridgehead atoms. The van der Waals surface area contributed by atoms with Gasteiger partial charge in [-0.2, -0.15) is 0 Å². The third-order valence-corrected chi connectivity index (χ3v) is 3.06. The van der Waals surface area contributed by atoms with Gasteiger partial charge in [-0.05, 0) is 24.3 Å². The molecule has 1 N–H and O–H groups in total. The van der Waals surface area contributed by atoms with E-state index in [1.54, 1.807) is 48.5 Å². The number of nitrogens with one attached hydrogen (secondary N) is 1. The summed E-state index contributed by atoms with van der Waals surface area (Å²) in [7, 11) is 0. The fourth-order valence-corrected chi connectivity index (χ4v) is 2.00. The van der Waals surface area contributed by atoms with Gasteiger partial charge in [-0.1, -0.05) is 24.3 Å². The van der Waals surface area contributed by atoms with Crippen LogP contribution < -0.4 is 0 Å². The van der Waals surface area contributed by atoms with E-state index in [4.69, 9.17) is 9.47 Å². The first-order chi connectivity index (χ1) is 10.8. The molecule has 22 heavy (non-hydrogen) atoms. The monoisotopic (exact) mass is 296 g/mol. The summed E-state index contributed by atoms with van der Waals surface area (Å²) in [5, 5.41) is 0. The highest BCUT2D eigenvalue weighted by Crippen LogP contribution is 2.15. The quantitative estimate of drug-likeness (QED) is 0.591. The van der Waals surface area contributed by atoms with Crippen LogP contribution in [0.3, 0.4) is 0 Å². The predicted octanol–water partition coefficient (Wildman–Crippen LogP) is 2.53. The maximum absolute atomic E-state index is 12.0. The van der Waals surface area contributed by atoms with Crippen molar-refractivity contribution in [2.24, 2.45) is 0 Å². The number of hydrogen-bond acceptors (Lipinski definition) is 5. The van der Waals surface area contributed by atoms with Gasteiger partial charge < -0.3 is 14.5 Å². The molecule has 0 unspecified atom stereocenters. The third kappa shape index (κ3) is 2.80. The summed E-state index contributed by atoms with van der Waals surface area (Å²) in [6.07, 6.45) is 1.50. The summed E-state index contributed by atoms with van der Waals surface area (Å²) in [6.45, 7) is -0.451. The Morgan fingerprint density at radius 1 is 0.955 bits per heavy atom. The number of fused-ring (bicyclic) bond motifs is 1. The van der Waals surface area contributed by atoms with E-state index in [1.807, 2.05) is 0 Å². The molecule has 3 aromatic rings. The van der Waals surface area contributed by atoms with Gasteiger partial charge in [0.15, 0.2) is 0 Å². The lowest BCUT2D eigenvalue weighted by molar-refractivity contribution is -0.0166. The summed E-state index contributed by atoms with van der Waals surface area (Å²) in [6, 6.07) is 13.6. The zero-order valence-electron chi connectivity index (χ0n) is 11.5. The molecule has 0 aliphatic carbocycles. The van der Waals surface area contributed by atoms with Crippen molar-refractivity contribution in [3.63, 3.8) is 0 Å². The van der Waals surface area contributed by atoms with Crippen LogP contribution in [0.15, 0.2) is 54.9 Å². The Bertz CT molecular complexity index is 811. The fourth-order valence-electron chi connectivity index (χ4n) is 2.00. The fraction of sp³-hybridized carbons (Fsp3) is 0.0625. The van der Waals surface area contributed by atoms with E-state index in [0.717, 1.165) is 5.52 Å². The number of aromatic amines is 1. The SMILES string of the molecule is O=C(OCOC(=O)c1cccc2[nH]cnc12)c1ccccc1. The van der Waals surface area contributed by atoms with Crippen LogP contribution in [0.4, 0.5) is 0 Å². The lowest BCUT2D eigenvalue weighted by Gasteiger charge is -2.06. The Labute approximate surface area is 125 Å². The molecule has 1 aromatic heterocycles. The molecule has 0 saturated carbocycles. The molecule has 1 heterocycles. The number of rotatable bonds is 4. The first-order valence-corrected chi connectivity index (χ1v) is 6.57. The maximum atomic E-state index is 12.0. The van der Waals surface area contributed by atoms with Crippen LogP contribution in [-0.4, -0.2) is 28.7 Å². The number of nitrogens with zero attached hydrogens (tertiary/aromatic N) is 1. The summed E-state index contributed by atoms with van der Waals surface area (Å²) < 4.78 is 9.87. The van der Waals surface area contributed by atoms with Crippen molar-refractivity contribution in [1.29, 1.82) is 0 Å². The highest BCUT2D eigenvalue weighted by atomic mass is 16.7. The number of H-pyrrole nitrogens is 1. The zero-order chi connectivity index (χ0) is 15.4. The second-order valence-corrected chi connectivity index (χ2v) is 4.45. The van der Waals surface area contributed by atoms with Gasteiger partial charge in [0.25, 0.3) is 0 Å². The molecule has 3 rings (SSSR count). The second kappa shape index (κ2) is 6.09. The van der Waals surface area contributed by atoms with E-state index in [-0.39, 0.29) is 0 Å². The van der Waals surface area contributed by atoms with E-state index in [9.17, 15) is 9.59 Å². The first-order valence-electron chi connectivity index (χ1n) is 6.57. The van der Waals surface area contributed by atoms with Crippen LogP contribution in [-0.2, 0) is 9.47 Å². The van der Waals surface area contributed by atoms with Crippen molar-refractivity contribution in [3.8, 4) is 0 Å². The second-order valence-electron chi connectivity index (χ2n) is 4.45. The van der Waals surface area contributed by atoms with Crippen LogP contribution in [0.25, 0.3) is 11.0 Å². The molecule has 6 nitrogen and oxygen atoms in total. The molecule has 0 amide bonds. The average Bonchev–Trinajstić information content (AvgIpc) is 3.04. The van der Waals surface area contributed by atoms with Crippen molar-refractivity contribution in [2.45, 2.75) is 0 Å². The third-order valence-electron chi connectivity index (χ3n) is 3.06. The predicted molar refractivity (Wildman–Crippen MR) is 78.2 cm³/mol. The molecule has 0 fully saturated rings. The molecular weight excluding hydrogens is 284 g/mol. The number of carbonyl (C=O) groups is 2. The van der Waals surface area contributed by atoms with Crippen LogP contribution in [0.5, 0.6) is 0 Å². The smallest absolute Gasteiger partial charge is 0.343 e. The normalized spacial score (nSPS) is 10.4. The van der Waals surface area contributed by atoms with Crippen LogP contribution in [0.2, 0.25) is 0 Å². The maximum Gasteiger partial charge on any atom is 0.343 e. The van der Waals surface area contributed by atoms with Gasteiger partial charge in [0.1, 0.15) is 5.52 Å². The number of carbonyl (C=O) groups excluding carboxylic acids is 2. The summed E-state index contributed by atoms with van der Waals surface area (Å²) in [4.78, 5) is 30.7. The number of esters is 2. The van der Waals surface area contributed by atoms with E-state index in [0.29, 0.717) is 16.6 Å². The Morgan fingerprint density at radius 3 is 2.55 bits per heavy atom. The molecule has 0 aliphatic heterocycles. The van der Waals surface area contributed by atoms with Gasteiger partial charge in [0.05, 0.1) is 23.0 Å². The number of hydrogen-bond donors (Lipinski definition) is 1. The van der Waals surface area contributed by atoms with Crippen LogP contribution in [0, 0.1) is 0 Å². The van der Waals surface area contributed by atoms with Gasteiger partial charge in [-0.15, -0.1) is 0 Å². The highest BCUT2D eigenvalue weighted by molar-refractivity contribution is 6.01. The molecule has 0 spiro atoms. The summed E-state index contributed by atoms with van der Waals surface area (Å²) >= 11 is 0. The minimum absolute atomic E-state index is 0.314. The number of benzene rings is 2. The highest BCUT2D eigenvalue weighted by Gasteiger charge is 2.14. The number of para-hydroxylation sites is 1. The van der Waals surface area contributed by atoms with E-state index >= 15 is 0 Å². The number of ether oxygens (including phenoxy) is 2. The Morgan fingerprint density at radius 2 is 1.73 bits per heavy atom. The Kier molecular flexibility index (Phi) is 3.82. The van der Waals surface area contributed by atoms with Crippen LogP contribution in [0.1, 0.15) is 20.7 Å². The van der Waals surface area contributed by atoms with Gasteiger partial charge in [-0.25, -0.2) is 14.6 Å². The minimum atomic E-state index is -0.599. The summed E-state index contributed by atoms with van der Waals surface area (Å²) in [5.74, 6) is -1.15. The van der Waals surface area contributed by atoms with Gasteiger partial charge >= 0.3 is 11.9 Å². The molecular formula is C16H12N2O4. The number of aromatic nitrogens is 2. The van der Waals surface area contributed by atoms with Gasteiger partial charge in [-0.3, -0.25) is 0 Å². The lowest BCUT2D eigenvalue weighted by Crippen LogP contribution is -2.13. The van der Waals surface area contributed by atoms with Gasteiger partial charge in [0, 0.05) is 0 Å². The molecule has 6 heteroatoms. The molecule has 110 valence electrons. The van der Waals surface area contributed by atoms with Crippen molar-refractivity contribution in [3.05, 3.63) is 66.0 Å². The lowest BCUT2D eigenvalue weighted by atomic mass is 10.2. The Hall–Kier alpha value is -3.15. The Balaban J connectivity index is 1.61. The molecule has 0 aliphatic rings. The van der Waals surface area contributed by atoms with E-state index in [1.165, 1.54) is 6.33 Å². The minimum Gasteiger partial charge on any atom is -0.424 e. The standard InChI is InChI=1S/C16H12N2O4/c19-15(11-5-2-1-3-6-11)21-10-22-16(20)12-7-4-8-13-14(12)18-9-17-13/h1-9H,10H2,(H,17,18). The molecule has 0 saturated heterocycles. The van der Waals surface area contributed by atoms with E-state index in [2.05, 4.69) is 9.97 Å². The molecule has 0 atom stereocenters.